The van der Waals surface area contributed by atoms with E-state index in [1.807, 2.05) is 31.2 Å². The van der Waals surface area contributed by atoms with Gasteiger partial charge in [0.15, 0.2) is 0 Å². The zero-order chi connectivity index (χ0) is 15.4. The number of H-pyrrole nitrogens is 1. The van der Waals surface area contributed by atoms with Crippen LogP contribution in [-0.2, 0) is 11.2 Å². The summed E-state index contributed by atoms with van der Waals surface area (Å²) in [6.45, 7) is 3.67. The van der Waals surface area contributed by atoms with Gasteiger partial charge in [-0.1, -0.05) is 29.8 Å². The van der Waals surface area contributed by atoms with E-state index < -0.39 is 5.97 Å². The molecular formula is C16H18N2O3. The molecule has 5 heteroatoms. The van der Waals surface area contributed by atoms with Gasteiger partial charge in [0.2, 0.25) is 5.91 Å². The van der Waals surface area contributed by atoms with Gasteiger partial charge in [0.25, 0.3) is 0 Å². The maximum absolute atomic E-state index is 11.9. The molecule has 0 aliphatic rings. The first-order valence-corrected chi connectivity index (χ1v) is 6.74. The van der Waals surface area contributed by atoms with Crippen LogP contribution >= 0.6 is 0 Å². The molecule has 1 aromatic carbocycles. The van der Waals surface area contributed by atoms with Crippen LogP contribution in [0.5, 0.6) is 0 Å². The number of aromatic nitrogens is 1. The highest BCUT2D eigenvalue weighted by Crippen LogP contribution is 2.19. The standard InChI is InChI=1S/C16H18N2O3/c1-10-3-5-12(6-4-10)7-8-14(19)18-13-9-17-11(2)15(13)16(20)21/h3-6,9,17H,7-8H2,1-2H3,(H,18,19)(H,20,21). The Hall–Kier alpha value is -2.56. The van der Waals surface area contributed by atoms with Gasteiger partial charge in [-0.3, -0.25) is 4.79 Å². The third-order valence-corrected chi connectivity index (χ3v) is 3.33. The molecule has 0 spiro atoms. The maximum Gasteiger partial charge on any atom is 0.339 e. The highest BCUT2D eigenvalue weighted by Gasteiger charge is 2.16. The summed E-state index contributed by atoms with van der Waals surface area (Å²) < 4.78 is 0. The molecule has 5 nitrogen and oxygen atoms in total. The van der Waals surface area contributed by atoms with Crippen molar-refractivity contribution in [1.82, 2.24) is 4.98 Å². The summed E-state index contributed by atoms with van der Waals surface area (Å²) in [6, 6.07) is 7.99. The highest BCUT2D eigenvalue weighted by atomic mass is 16.4. The molecule has 110 valence electrons. The number of aromatic amines is 1. The van der Waals surface area contributed by atoms with Crippen LogP contribution in [0, 0.1) is 13.8 Å². The summed E-state index contributed by atoms with van der Waals surface area (Å²) >= 11 is 0. The predicted octanol–water partition coefficient (Wildman–Crippen LogP) is 2.90. The van der Waals surface area contributed by atoms with E-state index >= 15 is 0 Å². The summed E-state index contributed by atoms with van der Waals surface area (Å²) in [5.41, 5.74) is 3.21. The van der Waals surface area contributed by atoms with Gasteiger partial charge < -0.3 is 15.4 Å². The number of carbonyl (C=O) groups is 2. The largest absolute Gasteiger partial charge is 0.478 e. The minimum Gasteiger partial charge on any atom is -0.478 e. The van der Waals surface area contributed by atoms with Crippen LogP contribution in [0.1, 0.15) is 33.6 Å². The summed E-state index contributed by atoms with van der Waals surface area (Å²) in [7, 11) is 0. The highest BCUT2D eigenvalue weighted by molar-refractivity contribution is 6.01. The third-order valence-electron chi connectivity index (χ3n) is 3.33. The molecule has 0 saturated heterocycles. The average Bonchev–Trinajstić information content (AvgIpc) is 2.79. The lowest BCUT2D eigenvalue weighted by atomic mass is 10.1. The molecule has 0 aliphatic carbocycles. The lowest BCUT2D eigenvalue weighted by Crippen LogP contribution is -2.14. The van der Waals surface area contributed by atoms with Gasteiger partial charge >= 0.3 is 5.97 Å². The van der Waals surface area contributed by atoms with Gasteiger partial charge in [0, 0.05) is 18.3 Å². The van der Waals surface area contributed by atoms with Crippen LogP contribution in [-0.4, -0.2) is 22.0 Å². The maximum atomic E-state index is 11.9. The summed E-state index contributed by atoms with van der Waals surface area (Å²) in [5, 5.41) is 11.8. The second kappa shape index (κ2) is 6.26. The summed E-state index contributed by atoms with van der Waals surface area (Å²) in [5.74, 6) is -1.25. The minimum absolute atomic E-state index is 0.110. The zero-order valence-electron chi connectivity index (χ0n) is 12.1. The molecule has 0 unspecified atom stereocenters. The second-order valence-corrected chi connectivity index (χ2v) is 5.04. The van der Waals surface area contributed by atoms with Crippen molar-refractivity contribution in [1.29, 1.82) is 0 Å². The number of hydrogen-bond donors (Lipinski definition) is 3. The van der Waals surface area contributed by atoms with E-state index in [1.165, 1.54) is 11.8 Å². The van der Waals surface area contributed by atoms with E-state index in [0.717, 1.165) is 5.56 Å². The molecule has 1 aromatic heterocycles. The zero-order valence-corrected chi connectivity index (χ0v) is 12.1. The molecule has 1 amide bonds. The van der Waals surface area contributed by atoms with Gasteiger partial charge in [0.05, 0.1) is 5.69 Å². The van der Waals surface area contributed by atoms with Crippen molar-refractivity contribution >= 4 is 17.6 Å². The molecule has 2 rings (SSSR count). The number of carbonyl (C=O) groups excluding carboxylic acids is 1. The van der Waals surface area contributed by atoms with E-state index in [-0.39, 0.29) is 11.5 Å². The quantitative estimate of drug-likeness (QED) is 0.790. The Morgan fingerprint density at radius 2 is 1.86 bits per heavy atom. The Labute approximate surface area is 123 Å². The number of nitrogens with one attached hydrogen (secondary N) is 2. The minimum atomic E-state index is -1.05. The molecule has 3 N–H and O–H groups in total. The van der Waals surface area contributed by atoms with E-state index in [9.17, 15) is 9.59 Å². The molecule has 0 saturated carbocycles. The number of anilines is 1. The van der Waals surface area contributed by atoms with Gasteiger partial charge in [-0.15, -0.1) is 0 Å². The van der Waals surface area contributed by atoms with Crippen LogP contribution in [0.4, 0.5) is 5.69 Å². The predicted molar refractivity (Wildman–Crippen MR) is 80.6 cm³/mol. The molecule has 0 aliphatic heterocycles. The van der Waals surface area contributed by atoms with Crippen molar-refractivity contribution in [2.75, 3.05) is 5.32 Å². The van der Waals surface area contributed by atoms with Gasteiger partial charge in [-0.05, 0) is 25.8 Å². The van der Waals surface area contributed by atoms with Crippen LogP contribution in [0.2, 0.25) is 0 Å². The first-order chi connectivity index (χ1) is 9.97. The number of carboxylic acid groups (broad SMARTS) is 1. The Balaban J connectivity index is 1.96. The van der Waals surface area contributed by atoms with Crippen LogP contribution in [0.3, 0.4) is 0 Å². The molecule has 0 fully saturated rings. The summed E-state index contributed by atoms with van der Waals surface area (Å²) in [4.78, 5) is 25.9. The van der Waals surface area contributed by atoms with Crippen molar-refractivity contribution in [3.63, 3.8) is 0 Å². The van der Waals surface area contributed by atoms with Gasteiger partial charge in [-0.2, -0.15) is 0 Å². The number of hydrogen-bond acceptors (Lipinski definition) is 2. The van der Waals surface area contributed by atoms with E-state index in [2.05, 4.69) is 10.3 Å². The molecular weight excluding hydrogens is 268 g/mol. The molecule has 21 heavy (non-hydrogen) atoms. The van der Waals surface area contributed by atoms with Gasteiger partial charge in [0.1, 0.15) is 5.56 Å². The topological polar surface area (TPSA) is 82.2 Å². The monoisotopic (exact) mass is 286 g/mol. The molecule has 0 atom stereocenters. The van der Waals surface area contributed by atoms with Gasteiger partial charge in [-0.25, -0.2) is 4.79 Å². The number of carboxylic acids is 1. The van der Waals surface area contributed by atoms with Crippen molar-refractivity contribution in [3.05, 3.63) is 52.8 Å². The fraction of sp³-hybridized carbons (Fsp3) is 0.250. The number of aromatic carboxylic acids is 1. The number of aryl methyl sites for hydroxylation is 3. The Morgan fingerprint density at radius 1 is 1.19 bits per heavy atom. The van der Waals surface area contributed by atoms with Crippen LogP contribution in [0.25, 0.3) is 0 Å². The molecule has 2 aromatic rings. The van der Waals surface area contributed by atoms with Crippen LogP contribution < -0.4 is 5.32 Å². The number of benzene rings is 1. The number of rotatable bonds is 5. The number of amides is 1. The third kappa shape index (κ3) is 3.72. The molecule has 0 bridgehead atoms. The first-order valence-electron chi connectivity index (χ1n) is 6.74. The SMILES string of the molecule is Cc1ccc(CCC(=O)Nc2c[nH]c(C)c2C(=O)O)cc1. The van der Waals surface area contributed by atoms with Crippen molar-refractivity contribution < 1.29 is 14.7 Å². The van der Waals surface area contributed by atoms with Crippen molar-refractivity contribution in [2.24, 2.45) is 0 Å². The smallest absolute Gasteiger partial charge is 0.339 e. The van der Waals surface area contributed by atoms with Crippen molar-refractivity contribution in [2.45, 2.75) is 26.7 Å². The Morgan fingerprint density at radius 3 is 2.48 bits per heavy atom. The average molecular weight is 286 g/mol. The second-order valence-electron chi connectivity index (χ2n) is 5.04. The molecule has 1 heterocycles. The fourth-order valence-corrected chi connectivity index (χ4v) is 2.13. The molecule has 0 radical (unpaired) electrons. The fourth-order valence-electron chi connectivity index (χ4n) is 2.13. The Bertz CT molecular complexity index is 657. The first kappa shape index (κ1) is 14.8. The van der Waals surface area contributed by atoms with E-state index in [4.69, 9.17) is 5.11 Å². The normalized spacial score (nSPS) is 10.4. The Kier molecular flexibility index (Phi) is 4.42. The summed E-state index contributed by atoms with van der Waals surface area (Å²) in [6.07, 6.45) is 2.44. The van der Waals surface area contributed by atoms with Crippen LogP contribution in [0.15, 0.2) is 30.5 Å². The lowest BCUT2D eigenvalue weighted by Gasteiger charge is -2.05. The lowest BCUT2D eigenvalue weighted by molar-refractivity contribution is -0.116. The van der Waals surface area contributed by atoms with E-state index in [0.29, 0.717) is 24.2 Å². The van der Waals surface area contributed by atoms with Crippen molar-refractivity contribution in [3.8, 4) is 0 Å². The van der Waals surface area contributed by atoms with E-state index in [1.54, 1.807) is 6.92 Å².